The summed E-state index contributed by atoms with van der Waals surface area (Å²) in [6.45, 7) is 3.58. The van der Waals surface area contributed by atoms with Gasteiger partial charge in [-0.3, -0.25) is 14.0 Å². The molecule has 3 heterocycles. The molecule has 0 bridgehead atoms. The van der Waals surface area contributed by atoms with Crippen molar-refractivity contribution < 1.29 is 14.3 Å². The maximum atomic E-state index is 12.8. The molecule has 8 nitrogen and oxygen atoms in total. The van der Waals surface area contributed by atoms with Crippen LogP contribution in [-0.4, -0.2) is 84.5 Å². The Bertz CT molecular complexity index is 780. The molecule has 140 valence electrons. The molecule has 1 aliphatic rings. The third-order valence-electron chi connectivity index (χ3n) is 4.32. The van der Waals surface area contributed by atoms with Gasteiger partial charge in [0.1, 0.15) is 0 Å². The molecule has 1 fully saturated rings. The van der Waals surface area contributed by atoms with Crippen molar-refractivity contribution in [3.63, 3.8) is 0 Å². The van der Waals surface area contributed by atoms with Crippen molar-refractivity contribution in [3.05, 3.63) is 35.9 Å². The Kier molecular flexibility index (Phi) is 5.85. The van der Waals surface area contributed by atoms with E-state index in [0.717, 1.165) is 13.0 Å². The fraction of sp³-hybridized carbons (Fsp3) is 0.500. The third kappa shape index (κ3) is 4.03. The standard InChI is InChI=1S/C18H25N5O3/c1-21(2)8-5-7-19-17(24)16-20-15(14-6-3-4-9-23(14)16)18(25)22-10-12-26-13-11-22/h3-4,6,9H,5,7-8,10-13H2,1-2H3,(H,19,24). The second kappa shape index (κ2) is 8.29. The van der Waals surface area contributed by atoms with Gasteiger partial charge in [0, 0.05) is 25.8 Å². The van der Waals surface area contributed by atoms with Gasteiger partial charge in [0.2, 0.25) is 5.82 Å². The molecule has 0 aliphatic carbocycles. The number of nitrogens with one attached hydrogen (secondary N) is 1. The molecule has 0 spiro atoms. The molecule has 0 saturated carbocycles. The summed E-state index contributed by atoms with van der Waals surface area (Å²) in [4.78, 5) is 33.6. The minimum absolute atomic E-state index is 0.163. The number of carbonyl (C=O) groups is 2. The molecule has 3 rings (SSSR count). The third-order valence-corrected chi connectivity index (χ3v) is 4.32. The molecule has 2 amide bonds. The van der Waals surface area contributed by atoms with Gasteiger partial charge in [-0.1, -0.05) is 6.07 Å². The lowest BCUT2D eigenvalue weighted by Gasteiger charge is -2.26. The van der Waals surface area contributed by atoms with Crippen LogP contribution in [-0.2, 0) is 4.74 Å². The number of aromatic nitrogens is 2. The van der Waals surface area contributed by atoms with Crippen LogP contribution < -0.4 is 5.32 Å². The van der Waals surface area contributed by atoms with Crippen LogP contribution in [0.3, 0.4) is 0 Å². The number of hydrogen-bond donors (Lipinski definition) is 1. The summed E-state index contributed by atoms with van der Waals surface area (Å²) in [6, 6.07) is 5.47. The SMILES string of the molecule is CN(C)CCCNC(=O)c1nc(C(=O)N2CCOCC2)c2ccccn12. The van der Waals surface area contributed by atoms with Crippen molar-refractivity contribution in [3.8, 4) is 0 Å². The second-order valence-corrected chi connectivity index (χ2v) is 6.56. The van der Waals surface area contributed by atoms with Crippen LogP contribution in [0.15, 0.2) is 24.4 Å². The van der Waals surface area contributed by atoms with Gasteiger partial charge in [-0.05, 0) is 39.2 Å². The lowest BCUT2D eigenvalue weighted by atomic mass is 10.3. The Hall–Kier alpha value is -2.45. The van der Waals surface area contributed by atoms with Crippen LogP contribution in [0.2, 0.25) is 0 Å². The molecule has 8 heteroatoms. The molecular formula is C18H25N5O3. The highest BCUT2D eigenvalue weighted by molar-refractivity contribution is 6.02. The first-order chi connectivity index (χ1) is 12.6. The maximum Gasteiger partial charge on any atom is 0.287 e. The van der Waals surface area contributed by atoms with Gasteiger partial charge in [-0.25, -0.2) is 4.98 Å². The smallest absolute Gasteiger partial charge is 0.287 e. The summed E-state index contributed by atoms with van der Waals surface area (Å²) < 4.78 is 6.98. The molecule has 0 radical (unpaired) electrons. The van der Waals surface area contributed by atoms with Crippen LogP contribution in [0.1, 0.15) is 27.5 Å². The number of ether oxygens (including phenoxy) is 1. The Morgan fingerprint density at radius 2 is 2.04 bits per heavy atom. The van der Waals surface area contributed by atoms with Crippen LogP contribution in [0.25, 0.3) is 5.52 Å². The number of hydrogen-bond acceptors (Lipinski definition) is 5. The number of carbonyl (C=O) groups excluding carboxylic acids is 2. The van der Waals surface area contributed by atoms with Gasteiger partial charge < -0.3 is 19.9 Å². The summed E-state index contributed by atoms with van der Waals surface area (Å²) in [6.07, 6.45) is 2.61. The minimum atomic E-state index is -0.272. The molecule has 0 unspecified atom stereocenters. The molecule has 0 aromatic carbocycles. The summed E-state index contributed by atoms with van der Waals surface area (Å²) in [7, 11) is 3.99. The van der Waals surface area contributed by atoms with Gasteiger partial charge in [-0.15, -0.1) is 0 Å². The molecule has 2 aromatic rings. The van der Waals surface area contributed by atoms with Crippen LogP contribution in [0.4, 0.5) is 0 Å². The van der Waals surface area contributed by atoms with E-state index in [1.807, 2.05) is 32.3 Å². The van der Waals surface area contributed by atoms with Gasteiger partial charge in [-0.2, -0.15) is 0 Å². The Morgan fingerprint density at radius 3 is 2.77 bits per heavy atom. The Morgan fingerprint density at radius 1 is 1.27 bits per heavy atom. The van der Waals surface area contributed by atoms with Crippen LogP contribution >= 0.6 is 0 Å². The number of fused-ring (bicyclic) bond motifs is 1. The van der Waals surface area contributed by atoms with E-state index >= 15 is 0 Å². The zero-order valence-electron chi connectivity index (χ0n) is 15.3. The fourth-order valence-electron chi connectivity index (χ4n) is 2.95. The molecule has 0 atom stereocenters. The first-order valence-electron chi connectivity index (χ1n) is 8.85. The monoisotopic (exact) mass is 359 g/mol. The molecule has 26 heavy (non-hydrogen) atoms. The van der Waals surface area contributed by atoms with Crippen molar-refractivity contribution in [1.82, 2.24) is 24.5 Å². The van der Waals surface area contributed by atoms with Gasteiger partial charge in [0.05, 0.1) is 18.7 Å². The summed E-state index contributed by atoms with van der Waals surface area (Å²) in [5, 5.41) is 2.88. The van der Waals surface area contributed by atoms with Crippen LogP contribution in [0, 0.1) is 0 Å². The molecule has 1 N–H and O–H groups in total. The van der Waals surface area contributed by atoms with E-state index < -0.39 is 0 Å². The highest BCUT2D eigenvalue weighted by Gasteiger charge is 2.26. The predicted octanol–water partition coefficient (Wildman–Crippen LogP) is 0.488. The first-order valence-corrected chi connectivity index (χ1v) is 8.85. The number of pyridine rings is 1. The first kappa shape index (κ1) is 18.3. The minimum Gasteiger partial charge on any atom is -0.378 e. The fourth-order valence-corrected chi connectivity index (χ4v) is 2.95. The Balaban J connectivity index is 1.80. The summed E-state index contributed by atoms with van der Waals surface area (Å²) >= 11 is 0. The maximum absolute atomic E-state index is 12.8. The van der Waals surface area contributed by atoms with E-state index in [1.54, 1.807) is 15.5 Å². The molecule has 1 saturated heterocycles. The van der Waals surface area contributed by atoms with Crippen molar-refractivity contribution in [2.75, 3.05) is 53.5 Å². The second-order valence-electron chi connectivity index (χ2n) is 6.56. The summed E-state index contributed by atoms with van der Waals surface area (Å²) in [5.41, 5.74) is 0.952. The van der Waals surface area contributed by atoms with Crippen molar-refractivity contribution >= 4 is 17.3 Å². The van der Waals surface area contributed by atoms with E-state index in [-0.39, 0.29) is 17.6 Å². The van der Waals surface area contributed by atoms with Crippen molar-refractivity contribution in [1.29, 1.82) is 0 Å². The van der Waals surface area contributed by atoms with Crippen molar-refractivity contribution in [2.45, 2.75) is 6.42 Å². The number of morpholine rings is 1. The number of imidazole rings is 1. The molecule has 1 aliphatic heterocycles. The average molecular weight is 359 g/mol. The van der Waals surface area contributed by atoms with Crippen molar-refractivity contribution in [2.24, 2.45) is 0 Å². The van der Waals surface area contributed by atoms with Gasteiger partial charge in [0.25, 0.3) is 11.8 Å². The van der Waals surface area contributed by atoms with Gasteiger partial charge >= 0.3 is 0 Å². The number of amides is 2. The van der Waals surface area contributed by atoms with E-state index in [2.05, 4.69) is 15.2 Å². The highest BCUT2D eigenvalue weighted by atomic mass is 16.5. The predicted molar refractivity (Wildman–Crippen MR) is 97.4 cm³/mol. The van der Waals surface area contributed by atoms with E-state index in [4.69, 9.17) is 4.74 Å². The molecule has 2 aromatic heterocycles. The van der Waals surface area contributed by atoms with Crippen LogP contribution in [0.5, 0.6) is 0 Å². The zero-order chi connectivity index (χ0) is 18.5. The lowest BCUT2D eigenvalue weighted by molar-refractivity contribution is 0.0300. The van der Waals surface area contributed by atoms with E-state index in [1.165, 1.54) is 0 Å². The number of nitrogens with zero attached hydrogens (tertiary/aromatic N) is 4. The highest BCUT2D eigenvalue weighted by Crippen LogP contribution is 2.16. The zero-order valence-corrected chi connectivity index (χ0v) is 15.3. The quantitative estimate of drug-likeness (QED) is 0.760. The number of rotatable bonds is 6. The lowest BCUT2D eigenvalue weighted by Crippen LogP contribution is -2.41. The molecular weight excluding hydrogens is 334 g/mol. The topological polar surface area (TPSA) is 79.2 Å². The average Bonchev–Trinajstić information content (AvgIpc) is 3.05. The largest absolute Gasteiger partial charge is 0.378 e. The normalized spacial score (nSPS) is 14.8. The summed E-state index contributed by atoms with van der Waals surface area (Å²) in [5.74, 6) is -0.197. The van der Waals surface area contributed by atoms with E-state index in [9.17, 15) is 9.59 Å². The van der Waals surface area contributed by atoms with E-state index in [0.29, 0.717) is 44.1 Å². The Labute approximate surface area is 152 Å². The van der Waals surface area contributed by atoms with Gasteiger partial charge in [0.15, 0.2) is 5.69 Å².